The maximum atomic E-state index is 12.1. The van der Waals surface area contributed by atoms with Crippen molar-refractivity contribution >= 4 is 18.1 Å². The molecule has 1 aliphatic rings. The molecular weight excluding hydrogens is 218 g/mol. The Bertz CT molecular complexity index is 388. The molecular formula is C12H14N3O2. The van der Waals surface area contributed by atoms with Crippen LogP contribution in [-0.4, -0.2) is 43.5 Å². The molecule has 0 atom stereocenters. The summed E-state index contributed by atoms with van der Waals surface area (Å²) in [6, 6.07) is 8.51. The number of hydrogen-bond acceptors (Lipinski definition) is 3. The van der Waals surface area contributed by atoms with Crippen molar-refractivity contribution in [1.82, 2.24) is 10.2 Å². The molecule has 5 heteroatoms. The summed E-state index contributed by atoms with van der Waals surface area (Å²) in [6.07, 6.45) is 1.69. The first-order valence-electron chi connectivity index (χ1n) is 5.55. The maximum Gasteiger partial charge on any atom is 0.331 e. The van der Waals surface area contributed by atoms with Crippen LogP contribution in [0.3, 0.4) is 0 Å². The summed E-state index contributed by atoms with van der Waals surface area (Å²) in [5, 5.41) is 3.16. The van der Waals surface area contributed by atoms with Crippen LogP contribution in [0, 0.1) is 0 Å². The molecule has 89 valence electrons. The molecule has 1 N–H and O–H groups in total. The zero-order valence-electron chi connectivity index (χ0n) is 9.43. The molecule has 0 unspecified atom stereocenters. The van der Waals surface area contributed by atoms with Crippen molar-refractivity contribution in [3.63, 3.8) is 0 Å². The molecule has 17 heavy (non-hydrogen) atoms. The molecule has 0 spiro atoms. The minimum Gasteiger partial charge on any atom is -0.321 e. The Hall–Kier alpha value is -1.88. The van der Waals surface area contributed by atoms with Crippen LogP contribution < -0.4 is 10.2 Å². The van der Waals surface area contributed by atoms with E-state index < -0.39 is 0 Å². The third-order valence-corrected chi connectivity index (χ3v) is 2.68. The van der Waals surface area contributed by atoms with Crippen LogP contribution >= 0.6 is 0 Å². The highest BCUT2D eigenvalue weighted by Crippen LogP contribution is 2.13. The molecule has 1 fully saturated rings. The van der Waals surface area contributed by atoms with Gasteiger partial charge in [-0.3, -0.25) is 4.79 Å². The molecule has 3 amide bonds. The summed E-state index contributed by atoms with van der Waals surface area (Å²) in [5.74, 6) is 0. The Morgan fingerprint density at radius 3 is 2.47 bits per heavy atom. The van der Waals surface area contributed by atoms with Gasteiger partial charge in [-0.15, -0.1) is 0 Å². The number of urea groups is 1. The topological polar surface area (TPSA) is 52.7 Å². The van der Waals surface area contributed by atoms with Gasteiger partial charge in [0.2, 0.25) is 0 Å². The molecule has 1 heterocycles. The highest BCUT2D eigenvalue weighted by Gasteiger charge is 2.23. The number of nitrogens with zero attached hydrogens (tertiary/aromatic N) is 2. The third kappa shape index (κ3) is 2.62. The van der Waals surface area contributed by atoms with Crippen LogP contribution in [-0.2, 0) is 4.79 Å². The number of anilines is 1. The number of carbonyl (C=O) groups is 1. The van der Waals surface area contributed by atoms with Crippen molar-refractivity contribution in [3.8, 4) is 0 Å². The van der Waals surface area contributed by atoms with E-state index in [9.17, 15) is 9.59 Å². The van der Waals surface area contributed by atoms with Crippen molar-refractivity contribution in [3.05, 3.63) is 30.3 Å². The minimum atomic E-state index is -0.312. The van der Waals surface area contributed by atoms with Gasteiger partial charge in [-0.05, 0) is 12.1 Å². The van der Waals surface area contributed by atoms with Crippen LogP contribution in [0.1, 0.15) is 0 Å². The second kappa shape index (κ2) is 5.45. The fourth-order valence-corrected chi connectivity index (χ4v) is 1.78. The highest BCUT2D eigenvalue weighted by atomic mass is 16.2. The van der Waals surface area contributed by atoms with Gasteiger partial charge in [0.1, 0.15) is 0 Å². The first-order valence-corrected chi connectivity index (χ1v) is 5.55. The highest BCUT2D eigenvalue weighted by molar-refractivity contribution is 6.06. The van der Waals surface area contributed by atoms with Crippen LogP contribution in [0.2, 0.25) is 0 Å². The molecule has 1 saturated heterocycles. The lowest BCUT2D eigenvalue weighted by molar-refractivity contribution is 0.200. The van der Waals surface area contributed by atoms with Crippen molar-refractivity contribution in [2.45, 2.75) is 0 Å². The smallest absolute Gasteiger partial charge is 0.321 e. The van der Waals surface area contributed by atoms with E-state index in [1.54, 1.807) is 35.6 Å². The Morgan fingerprint density at radius 2 is 1.88 bits per heavy atom. The Morgan fingerprint density at radius 1 is 1.24 bits per heavy atom. The summed E-state index contributed by atoms with van der Waals surface area (Å²) in [5.41, 5.74) is 0.547. The van der Waals surface area contributed by atoms with Gasteiger partial charge in [0.05, 0.1) is 5.69 Å². The molecule has 0 bridgehead atoms. The van der Waals surface area contributed by atoms with Crippen molar-refractivity contribution < 1.29 is 9.59 Å². The molecule has 5 nitrogen and oxygen atoms in total. The molecule has 0 saturated carbocycles. The predicted octanol–water partition coefficient (Wildman–Crippen LogP) is 0.585. The zero-order valence-corrected chi connectivity index (χ0v) is 9.43. The largest absolute Gasteiger partial charge is 0.331 e. The summed E-state index contributed by atoms with van der Waals surface area (Å²) in [4.78, 5) is 25.7. The first kappa shape index (κ1) is 11.6. The average Bonchev–Trinajstić information content (AvgIpc) is 2.42. The quantitative estimate of drug-likeness (QED) is 0.759. The van der Waals surface area contributed by atoms with Crippen LogP contribution in [0.5, 0.6) is 0 Å². The molecule has 1 aromatic rings. The number of rotatable bonds is 2. The Balaban J connectivity index is 2.12. The number of benzene rings is 1. The van der Waals surface area contributed by atoms with Crippen LogP contribution in [0.4, 0.5) is 10.5 Å². The van der Waals surface area contributed by atoms with E-state index in [1.165, 1.54) is 0 Å². The van der Waals surface area contributed by atoms with E-state index >= 15 is 0 Å². The molecule has 1 aromatic carbocycles. The van der Waals surface area contributed by atoms with Crippen molar-refractivity contribution in [2.75, 3.05) is 31.1 Å². The molecule has 0 aliphatic carbocycles. The van der Waals surface area contributed by atoms with Crippen molar-refractivity contribution in [2.24, 2.45) is 0 Å². The summed E-state index contributed by atoms with van der Waals surface area (Å²) in [6.45, 7) is 2.74. The van der Waals surface area contributed by atoms with Crippen LogP contribution in [0.15, 0.2) is 30.3 Å². The zero-order chi connectivity index (χ0) is 12.1. The molecule has 2 rings (SSSR count). The van der Waals surface area contributed by atoms with Gasteiger partial charge in [0.25, 0.3) is 0 Å². The fourth-order valence-electron chi connectivity index (χ4n) is 1.78. The number of carbonyl (C=O) groups excluding carboxylic acids is 2. The van der Waals surface area contributed by atoms with Crippen molar-refractivity contribution in [1.29, 1.82) is 0 Å². The standard InChI is InChI=1S/C12H14N3O2/c16-10-15(11-4-2-1-3-5-11)12(17)14-8-6-13-7-9-14/h1-5,13H,6-9H2. The van der Waals surface area contributed by atoms with Gasteiger partial charge in [-0.2, -0.15) is 0 Å². The minimum absolute atomic E-state index is 0.312. The lowest BCUT2D eigenvalue weighted by Gasteiger charge is -2.30. The number of piperazine rings is 1. The van der Waals surface area contributed by atoms with E-state index in [2.05, 4.69) is 5.32 Å². The normalized spacial score (nSPS) is 15.4. The van der Waals surface area contributed by atoms with E-state index in [-0.39, 0.29) is 6.03 Å². The third-order valence-electron chi connectivity index (χ3n) is 2.68. The second-order valence-electron chi connectivity index (χ2n) is 3.78. The maximum absolute atomic E-state index is 12.1. The molecule has 1 aliphatic heterocycles. The number of para-hydroxylation sites is 1. The SMILES string of the molecule is O=[C]N(C(=O)N1CCNCC1)c1ccccc1. The van der Waals surface area contributed by atoms with Gasteiger partial charge in [0, 0.05) is 26.2 Å². The fraction of sp³-hybridized carbons (Fsp3) is 0.333. The summed E-state index contributed by atoms with van der Waals surface area (Å²) >= 11 is 0. The second-order valence-corrected chi connectivity index (χ2v) is 3.78. The Labute approximate surface area is 100 Å². The monoisotopic (exact) mass is 232 g/mol. The van der Waals surface area contributed by atoms with E-state index in [1.807, 2.05) is 6.07 Å². The predicted molar refractivity (Wildman–Crippen MR) is 64.5 cm³/mol. The van der Waals surface area contributed by atoms with Gasteiger partial charge < -0.3 is 10.2 Å². The van der Waals surface area contributed by atoms with Crippen LogP contribution in [0.25, 0.3) is 0 Å². The number of imide groups is 1. The summed E-state index contributed by atoms with van der Waals surface area (Å²) in [7, 11) is 0. The number of hydrogen-bond donors (Lipinski definition) is 1. The first-order chi connectivity index (χ1) is 8.33. The molecule has 0 aromatic heterocycles. The Kier molecular flexibility index (Phi) is 3.72. The summed E-state index contributed by atoms with van der Waals surface area (Å²) < 4.78 is 0. The van der Waals surface area contributed by atoms with Gasteiger partial charge in [-0.25, -0.2) is 9.69 Å². The van der Waals surface area contributed by atoms with Gasteiger partial charge in [-0.1, -0.05) is 18.2 Å². The molecule has 1 radical (unpaired) electrons. The van der Waals surface area contributed by atoms with E-state index in [0.717, 1.165) is 18.0 Å². The average molecular weight is 232 g/mol. The van der Waals surface area contributed by atoms with Gasteiger partial charge in [0.15, 0.2) is 0 Å². The lowest BCUT2D eigenvalue weighted by Crippen LogP contribution is -2.51. The van der Waals surface area contributed by atoms with E-state index in [0.29, 0.717) is 18.8 Å². The number of amides is 3. The lowest BCUT2D eigenvalue weighted by atomic mass is 10.3. The van der Waals surface area contributed by atoms with E-state index in [4.69, 9.17) is 0 Å². The van der Waals surface area contributed by atoms with Gasteiger partial charge >= 0.3 is 12.4 Å². The number of nitrogens with one attached hydrogen (secondary N) is 1.